The van der Waals surface area contributed by atoms with Crippen LogP contribution in [-0.4, -0.2) is 31.8 Å². The number of hydrogen-bond acceptors (Lipinski definition) is 3. The molecule has 1 fully saturated rings. The Morgan fingerprint density at radius 1 is 1.22 bits per heavy atom. The van der Waals surface area contributed by atoms with E-state index in [0.29, 0.717) is 6.42 Å². The molecule has 0 radical (unpaired) electrons. The highest BCUT2D eigenvalue weighted by atomic mass is 32.2. The number of benzene rings is 1. The molecule has 0 bridgehead atoms. The van der Waals surface area contributed by atoms with Gasteiger partial charge in [0, 0.05) is 42.9 Å². The zero-order valence-electron chi connectivity index (χ0n) is 10.7. The lowest BCUT2D eigenvalue weighted by atomic mass is 10.2. The molecule has 2 heterocycles. The third-order valence-electron chi connectivity index (χ3n) is 3.72. The van der Waals surface area contributed by atoms with Crippen LogP contribution in [0.15, 0.2) is 23.1 Å². The Balaban J connectivity index is 1.97. The fourth-order valence-corrected chi connectivity index (χ4v) is 3.62. The minimum Gasteiger partial charge on any atom is -0.371 e. The number of fused-ring (bicyclic) bond motifs is 1. The Kier molecular flexibility index (Phi) is 3.20. The average molecular weight is 262 g/mol. The molecule has 0 unspecified atom stereocenters. The molecule has 4 heteroatoms. The van der Waals surface area contributed by atoms with Crippen LogP contribution >= 0.6 is 11.8 Å². The first-order valence-corrected chi connectivity index (χ1v) is 7.52. The summed E-state index contributed by atoms with van der Waals surface area (Å²) in [6.45, 7) is 2.28. The van der Waals surface area contributed by atoms with Crippen molar-refractivity contribution in [1.82, 2.24) is 0 Å². The SMILES string of the molecule is CN1C(=O)CCSc2ccc(N3CCCC3)cc21. The van der Waals surface area contributed by atoms with Crippen molar-refractivity contribution >= 4 is 29.0 Å². The van der Waals surface area contributed by atoms with Crippen LogP contribution < -0.4 is 9.80 Å². The van der Waals surface area contributed by atoms with Gasteiger partial charge in [-0.3, -0.25) is 4.79 Å². The number of anilines is 2. The molecular formula is C14H18N2OS. The number of nitrogens with zero attached hydrogens (tertiary/aromatic N) is 2. The highest BCUT2D eigenvalue weighted by molar-refractivity contribution is 7.99. The van der Waals surface area contributed by atoms with Crippen molar-refractivity contribution in [1.29, 1.82) is 0 Å². The van der Waals surface area contributed by atoms with E-state index in [1.54, 1.807) is 11.8 Å². The molecule has 0 aromatic heterocycles. The second-order valence-corrected chi connectivity index (χ2v) is 6.03. The fraction of sp³-hybridized carbons (Fsp3) is 0.500. The Bertz CT molecular complexity index is 469. The van der Waals surface area contributed by atoms with Gasteiger partial charge in [0.1, 0.15) is 0 Å². The van der Waals surface area contributed by atoms with Gasteiger partial charge < -0.3 is 9.80 Å². The van der Waals surface area contributed by atoms with Gasteiger partial charge in [0.25, 0.3) is 0 Å². The predicted molar refractivity (Wildman–Crippen MR) is 76.6 cm³/mol. The van der Waals surface area contributed by atoms with Gasteiger partial charge >= 0.3 is 0 Å². The van der Waals surface area contributed by atoms with Crippen LogP contribution in [0.25, 0.3) is 0 Å². The monoisotopic (exact) mass is 262 g/mol. The molecule has 2 aliphatic heterocycles. The molecule has 1 amide bonds. The molecule has 0 atom stereocenters. The summed E-state index contributed by atoms with van der Waals surface area (Å²) in [4.78, 5) is 17.4. The summed E-state index contributed by atoms with van der Waals surface area (Å²) in [5.41, 5.74) is 2.33. The van der Waals surface area contributed by atoms with E-state index < -0.39 is 0 Å². The average Bonchev–Trinajstić information content (AvgIpc) is 2.87. The molecule has 0 spiro atoms. The fourth-order valence-electron chi connectivity index (χ4n) is 2.61. The molecule has 3 nitrogen and oxygen atoms in total. The van der Waals surface area contributed by atoms with Crippen molar-refractivity contribution < 1.29 is 4.79 Å². The quantitative estimate of drug-likeness (QED) is 0.777. The van der Waals surface area contributed by atoms with Crippen LogP contribution in [0.4, 0.5) is 11.4 Å². The maximum Gasteiger partial charge on any atom is 0.227 e. The van der Waals surface area contributed by atoms with E-state index in [4.69, 9.17) is 0 Å². The standard InChI is InChI=1S/C14H18N2OS/c1-15-12-10-11(16-7-2-3-8-16)4-5-13(12)18-9-6-14(15)17/h4-5,10H,2-3,6-9H2,1H3. The van der Waals surface area contributed by atoms with Crippen LogP contribution in [0.1, 0.15) is 19.3 Å². The van der Waals surface area contributed by atoms with Gasteiger partial charge in [0.2, 0.25) is 5.91 Å². The van der Waals surface area contributed by atoms with Crippen LogP contribution in [0.3, 0.4) is 0 Å². The van der Waals surface area contributed by atoms with E-state index in [0.717, 1.165) is 24.5 Å². The number of carbonyl (C=O) groups excluding carboxylic acids is 1. The lowest BCUT2D eigenvalue weighted by Crippen LogP contribution is -2.26. The third kappa shape index (κ3) is 2.09. The van der Waals surface area contributed by atoms with E-state index in [9.17, 15) is 4.79 Å². The molecule has 1 aromatic carbocycles. The van der Waals surface area contributed by atoms with Gasteiger partial charge in [0.15, 0.2) is 0 Å². The minimum atomic E-state index is 0.222. The van der Waals surface area contributed by atoms with Crippen LogP contribution in [0.5, 0.6) is 0 Å². The van der Waals surface area contributed by atoms with Crippen molar-refractivity contribution in [3.63, 3.8) is 0 Å². The van der Waals surface area contributed by atoms with Gasteiger partial charge in [-0.1, -0.05) is 0 Å². The zero-order valence-corrected chi connectivity index (χ0v) is 11.5. The lowest BCUT2D eigenvalue weighted by molar-refractivity contribution is -0.117. The van der Waals surface area contributed by atoms with Gasteiger partial charge in [-0.25, -0.2) is 0 Å². The Morgan fingerprint density at radius 2 is 2.00 bits per heavy atom. The van der Waals surface area contributed by atoms with E-state index >= 15 is 0 Å². The topological polar surface area (TPSA) is 23.6 Å². The van der Waals surface area contributed by atoms with Crippen LogP contribution in [0, 0.1) is 0 Å². The number of hydrogen-bond donors (Lipinski definition) is 0. The smallest absolute Gasteiger partial charge is 0.227 e. The lowest BCUT2D eigenvalue weighted by Gasteiger charge is -2.22. The van der Waals surface area contributed by atoms with E-state index in [1.165, 1.54) is 23.4 Å². The van der Waals surface area contributed by atoms with E-state index in [-0.39, 0.29) is 5.91 Å². The van der Waals surface area contributed by atoms with Crippen molar-refractivity contribution in [2.45, 2.75) is 24.2 Å². The second-order valence-electron chi connectivity index (χ2n) is 4.90. The number of carbonyl (C=O) groups is 1. The third-order valence-corrected chi connectivity index (χ3v) is 4.79. The summed E-state index contributed by atoms with van der Waals surface area (Å²) in [6, 6.07) is 6.54. The van der Waals surface area contributed by atoms with Gasteiger partial charge in [-0.2, -0.15) is 0 Å². The first-order chi connectivity index (χ1) is 8.75. The van der Waals surface area contributed by atoms with Crippen LogP contribution in [0.2, 0.25) is 0 Å². The van der Waals surface area contributed by atoms with Crippen LogP contribution in [-0.2, 0) is 4.79 Å². The summed E-state index contributed by atoms with van der Waals surface area (Å²) in [5.74, 6) is 1.11. The maximum atomic E-state index is 11.9. The maximum absolute atomic E-state index is 11.9. The van der Waals surface area contributed by atoms with Crippen molar-refractivity contribution in [2.24, 2.45) is 0 Å². The summed E-state index contributed by atoms with van der Waals surface area (Å²) >= 11 is 1.79. The predicted octanol–water partition coefficient (Wildman–Crippen LogP) is 2.75. The Labute approximate surface area is 112 Å². The summed E-state index contributed by atoms with van der Waals surface area (Å²) in [6.07, 6.45) is 3.19. The normalized spacial score (nSPS) is 19.9. The number of rotatable bonds is 1. The molecule has 18 heavy (non-hydrogen) atoms. The molecule has 1 saturated heterocycles. The van der Waals surface area contributed by atoms with Gasteiger partial charge in [-0.05, 0) is 31.0 Å². The highest BCUT2D eigenvalue weighted by Gasteiger charge is 2.21. The summed E-state index contributed by atoms with van der Waals surface area (Å²) in [5, 5.41) is 0. The number of thioether (sulfide) groups is 1. The van der Waals surface area contributed by atoms with Gasteiger partial charge in [0.05, 0.1) is 5.69 Å². The largest absolute Gasteiger partial charge is 0.371 e. The molecular weight excluding hydrogens is 244 g/mol. The molecule has 3 rings (SSSR count). The minimum absolute atomic E-state index is 0.222. The molecule has 1 aromatic rings. The molecule has 0 saturated carbocycles. The van der Waals surface area contributed by atoms with E-state index in [2.05, 4.69) is 23.1 Å². The summed E-state index contributed by atoms with van der Waals surface area (Å²) < 4.78 is 0. The molecule has 2 aliphatic rings. The molecule has 0 N–H and O–H groups in total. The first-order valence-electron chi connectivity index (χ1n) is 6.54. The van der Waals surface area contributed by atoms with Gasteiger partial charge in [-0.15, -0.1) is 11.8 Å². The highest BCUT2D eigenvalue weighted by Crippen LogP contribution is 2.37. The molecule has 0 aliphatic carbocycles. The second kappa shape index (κ2) is 4.84. The zero-order chi connectivity index (χ0) is 12.5. The van der Waals surface area contributed by atoms with E-state index in [1.807, 2.05) is 11.9 Å². The summed E-state index contributed by atoms with van der Waals surface area (Å²) in [7, 11) is 1.89. The molecule has 96 valence electrons. The number of amides is 1. The van der Waals surface area contributed by atoms with Crippen molar-refractivity contribution in [3.8, 4) is 0 Å². The Morgan fingerprint density at radius 3 is 2.78 bits per heavy atom. The van der Waals surface area contributed by atoms with Crippen molar-refractivity contribution in [3.05, 3.63) is 18.2 Å². The first kappa shape index (κ1) is 11.9. The Hall–Kier alpha value is -1.16. The van der Waals surface area contributed by atoms with Crippen molar-refractivity contribution in [2.75, 3.05) is 35.7 Å².